The number of thiophene rings is 1. The summed E-state index contributed by atoms with van der Waals surface area (Å²) >= 11 is 1.73. The van der Waals surface area contributed by atoms with E-state index in [9.17, 15) is 0 Å². The van der Waals surface area contributed by atoms with Crippen molar-refractivity contribution in [3.63, 3.8) is 0 Å². The van der Waals surface area contributed by atoms with Gasteiger partial charge in [0.05, 0.1) is 6.54 Å². The van der Waals surface area contributed by atoms with Gasteiger partial charge >= 0.3 is 0 Å². The highest BCUT2D eigenvalue weighted by atomic mass is 32.1. The second kappa shape index (κ2) is 8.27. The summed E-state index contributed by atoms with van der Waals surface area (Å²) in [5.74, 6) is 0.967. The lowest BCUT2D eigenvalue weighted by Gasteiger charge is -2.23. The Hall–Kier alpha value is -1.07. The van der Waals surface area contributed by atoms with Crippen LogP contribution in [0.15, 0.2) is 21.8 Å². The van der Waals surface area contributed by atoms with E-state index in [1.165, 1.54) is 5.56 Å². The lowest BCUT2D eigenvalue weighted by molar-refractivity contribution is 0.430. The summed E-state index contributed by atoms with van der Waals surface area (Å²) < 4.78 is 0. The Morgan fingerprint density at radius 3 is 2.70 bits per heavy atom. The van der Waals surface area contributed by atoms with E-state index in [0.29, 0.717) is 0 Å². The molecule has 0 saturated carbocycles. The van der Waals surface area contributed by atoms with Gasteiger partial charge in [0.1, 0.15) is 0 Å². The Kier molecular flexibility index (Phi) is 7.02. The molecular weight excluding hydrogens is 268 g/mol. The van der Waals surface area contributed by atoms with Crippen LogP contribution in [0, 0.1) is 0 Å². The molecule has 2 N–H and O–H groups in total. The topological polar surface area (TPSA) is 39.7 Å². The number of rotatable bonds is 6. The number of guanidine groups is 1. The Morgan fingerprint density at radius 1 is 1.40 bits per heavy atom. The molecule has 0 atom stereocenters. The summed E-state index contributed by atoms with van der Waals surface area (Å²) in [5, 5.41) is 11.1. The van der Waals surface area contributed by atoms with Crippen LogP contribution in [-0.4, -0.2) is 43.1 Å². The summed E-state index contributed by atoms with van der Waals surface area (Å²) in [7, 11) is 2.08. The minimum Gasteiger partial charge on any atom is -0.357 e. The van der Waals surface area contributed by atoms with Gasteiger partial charge in [0.25, 0.3) is 0 Å². The first-order valence-corrected chi connectivity index (χ1v) is 8.12. The largest absolute Gasteiger partial charge is 0.357 e. The number of hydrogen-bond acceptors (Lipinski definition) is 3. The third kappa shape index (κ3) is 6.91. The molecule has 114 valence electrons. The van der Waals surface area contributed by atoms with Crippen molar-refractivity contribution in [3.05, 3.63) is 22.4 Å². The molecule has 0 radical (unpaired) electrons. The van der Waals surface area contributed by atoms with Crippen LogP contribution in [0.25, 0.3) is 0 Å². The molecule has 0 bridgehead atoms. The zero-order valence-electron chi connectivity index (χ0n) is 13.4. The molecule has 0 aliphatic carbocycles. The minimum absolute atomic E-state index is 0.149. The lowest BCUT2D eigenvalue weighted by Crippen LogP contribution is -2.40. The van der Waals surface area contributed by atoms with Crippen LogP contribution < -0.4 is 10.6 Å². The zero-order valence-corrected chi connectivity index (χ0v) is 14.2. The molecular formula is C15H28N4S. The summed E-state index contributed by atoms with van der Waals surface area (Å²) in [5.41, 5.74) is 1.48. The highest BCUT2D eigenvalue weighted by molar-refractivity contribution is 7.07. The first-order valence-electron chi connectivity index (χ1n) is 7.18. The summed E-state index contributed by atoms with van der Waals surface area (Å²) in [6, 6.07) is 2.16. The number of aliphatic imine (C=N–C) groups is 1. The van der Waals surface area contributed by atoms with Crippen LogP contribution in [0.2, 0.25) is 0 Å². The van der Waals surface area contributed by atoms with Gasteiger partial charge in [0.15, 0.2) is 5.96 Å². The van der Waals surface area contributed by atoms with E-state index in [4.69, 9.17) is 0 Å². The van der Waals surface area contributed by atoms with E-state index in [-0.39, 0.29) is 5.54 Å². The molecule has 0 saturated heterocycles. The fraction of sp³-hybridized carbons (Fsp3) is 0.667. The van der Waals surface area contributed by atoms with Gasteiger partial charge in [0.2, 0.25) is 0 Å². The van der Waals surface area contributed by atoms with E-state index >= 15 is 0 Å². The number of nitrogens with zero attached hydrogens (tertiary/aromatic N) is 2. The fourth-order valence-corrected chi connectivity index (χ4v) is 2.45. The molecule has 1 rings (SSSR count). The van der Waals surface area contributed by atoms with E-state index in [2.05, 4.69) is 72.1 Å². The van der Waals surface area contributed by atoms with Gasteiger partial charge in [0, 0.05) is 32.2 Å². The van der Waals surface area contributed by atoms with Crippen LogP contribution >= 0.6 is 11.3 Å². The molecule has 20 heavy (non-hydrogen) atoms. The van der Waals surface area contributed by atoms with Gasteiger partial charge < -0.3 is 15.5 Å². The molecule has 0 aromatic carbocycles. The van der Waals surface area contributed by atoms with Crippen LogP contribution in [0.4, 0.5) is 0 Å². The molecule has 1 aromatic heterocycles. The van der Waals surface area contributed by atoms with Crippen molar-refractivity contribution in [3.8, 4) is 0 Å². The fourth-order valence-electron chi connectivity index (χ4n) is 1.79. The smallest absolute Gasteiger partial charge is 0.194 e. The van der Waals surface area contributed by atoms with Crippen molar-refractivity contribution in [2.45, 2.75) is 39.8 Å². The molecule has 0 aliphatic heterocycles. The van der Waals surface area contributed by atoms with Gasteiger partial charge in [-0.1, -0.05) is 0 Å². The van der Waals surface area contributed by atoms with Crippen LogP contribution in [0.3, 0.4) is 0 Å². The SMILES string of the molecule is CCNC(=NCCNC(C)(C)C)N(C)Cc1ccsc1. The number of nitrogens with one attached hydrogen (secondary N) is 2. The van der Waals surface area contributed by atoms with Gasteiger partial charge in [-0.05, 0) is 50.1 Å². The van der Waals surface area contributed by atoms with Crippen LogP contribution in [-0.2, 0) is 6.54 Å². The van der Waals surface area contributed by atoms with E-state index in [0.717, 1.165) is 32.1 Å². The van der Waals surface area contributed by atoms with Crippen molar-refractivity contribution >= 4 is 17.3 Å². The Balaban J connectivity index is 2.49. The molecule has 5 heteroatoms. The molecule has 0 unspecified atom stereocenters. The quantitative estimate of drug-likeness (QED) is 0.481. The van der Waals surface area contributed by atoms with Crippen molar-refractivity contribution in [1.29, 1.82) is 0 Å². The number of hydrogen-bond donors (Lipinski definition) is 2. The zero-order chi connectivity index (χ0) is 15.0. The second-order valence-corrected chi connectivity index (χ2v) is 6.68. The average molecular weight is 296 g/mol. The predicted octanol–water partition coefficient (Wildman–Crippen LogP) is 2.53. The average Bonchev–Trinajstić information content (AvgIpc) is 2.84. The monoisotopic (exact) mass is 296 g/mol. The van der Waals surface area contributed by atoms with Gasteiger partial charge in [-0.15, -0.1) is 0 Å². The van der Waals surface area contributed by atoms with Crippen LogP contribution in [0.5, 0.6) is 0 Å². The molecule has 0 amide bonds. The highest BCUT2D eigenvalue weighted by Gasteiger charge is 2.09. The summed E-state index contributed by atoms with van der Waals surface area (Å²) in [4.78, 5) is 6.84. The Labute approximate surface area is 127 Å². The molecule has 0 spiro atoms. The van der Waals surface area contributed by atoms with E-state index in [1.807, 2.05) is 0 Å². The van der Waals surface area contributed by atoms with Gasteiger partial charge in [-0.2, -0.15) is 11.3 Å². The normalized spacial score (nSPS) is 12.6. The standard InChI is InChI=1S/C15H28N4S/c1-6-16-14(17-8-9-18-15(2,3)4)19(5)11-13-7-10-20-12-13/h7,10,12,18H,6,8-9,11H2,1-5H3,(H,16,17). The Morgan fingerprint density at radius 2 is 2.15 bits per heavy atom. The van der Waals surface area contributed by atoms with Gasteiger partial charge in [-0.3, -0.25) is 4.99 Å². The lowest BCUT2D eigenvalue weighted by atomic mass is 10.1. The summed E-state index contributed by atoms with van der Waals surface area (Å²) in [6.45, 7) is 12.1. The minimum atomic E-state index is 0.149. The maximum Gasteiger partial charge on any atom is 0.194 e. The maximum absolute atomic E-state index is 4.67. The van der Waals surface area contributed by atoms with Crippen molar-refractivity contribution in [1.82, 2.24) is 15.5 Å². The van der Waals surface area contributed by atoms with Crippen molar-refractivity contribution in [2.24, 2.45) is 4.99 Å². The molecule has 1 aromatic rings. The first kappa shape index (κ1) is 17.0. The highest BCUT2D eigenvalue weighted by Crippen LogP contribution is 2.08. The van der Waals surface area contributed by atoms with Crippen LogP contribution in [0.1, 0.15) is 33.3 Å². The molecule has 0 aliphatic rings. The maximum atomic E-state index is 4.67. The predicted molar refractivity (Wildman–Crippen MR) is 89.5 cm³/mol. The first-order chi connectivity index (χ1) is 9.42. The summed E-state index contributed by atoms with van der Waals surface area (Å²) in [6.07, 6.45) is 0. The third-order valence-electron chi connectivity index (χ3n) is 2.73. The molecule has 4 nitrogen and oxygen atoms in total. The molecule has 1 heterocycles. The van der Waals surface area contributed by atoms with Crippen molar-refractivity contribution < 1.29 is 0 Å². The van der Waals surface area contributed by atoms with Crippen molar-refractivity contribution in [2.75, 3.05) is 26.7 Å². The van der Waals surface area contributed by atoms with E-state index < -0.39 is 0 Å². The molecule has 0 fully saturated rings. The third-order valence-corrected chi connectivity index (χ3v) is 3.46. The second-order valence-electron chi connectivity index (χ2n) is 5.90. The van der Waals surface area contributed by atoms with E-state index in [1.54, 1.807) is 11.3 Å². The Bertz CT molecular complexity index is 393. The van der Waals surface area contributed by atoms with Gasteiger partial charge in [-0.25, -0.2) is 0 Å².